The number of nitrogens with one attached hydrogen (secondary N) is 1. The first-order valence-electron chi connectivity index (χ1n) is 20.0. The van der Waals surface area contributed by atoms with Crippen molar-refractivity contribution in [1.82, 2.24) is 5.32 Å². The predicted molar refractivity (Wildman–Crippen MR) is 215 cm³/mol. The summed E-state index contributed by atoms with van der Waals surface area (Å²) in [5, 5.41) is 3.54. The van der Waals surface area contributed by atoms with Crippen molar-refractivity contribution in [3.05, 3.63) is 138 Å². The molecule has 4 aromatic rings. The Morgan fingerprint density at radius 3 is 1.72 bits per heavy atom. The summed E-state index contributed by atoms with van der Waals surface area (Å²) in [5.41, 5.74) is 3.15. The molecule has 0 spiro atoms. The molecule has 0 unspecified atom stereocenters. The van der Waals surface area contributed by atoms with Gasteiger partial charge in [-0.3, -0.25) is 0 Å². The van der Waals surface area contributed by atoms with Crippen LogP contribution in [0.2, 0.25) is 0 Å². The number of hydrogen-bond acceptors (Lipinski definition) is 7. The highest BCUT2D eigenvalue weighted by Gasteiger charge is 2.51. The van der Waals surface area contributed by atoms with Gasteiger partial charge in [-0.1, -0.05) is 162 Å². The van der Waals surface area contributed by atoms with Crippen molar-refractivity contribution in [2.45, 2.75) is 116 Å². The maximum atomic E-state index is 6.98. The van der Waals surface area contributed by atoms with E-state index in [0.29, 0.717) is 38.1 Å². The molecule has 0 radical (unpaired) electrons. The second kappa shape index (κ2) is 24.2. The van der Waals surface area contributed by atoms with E-state index in [1.165, 1.54) is 25.7 Å². The van der Waals surface area contributed by atoms with Crippen LogP contribution < -0.4 is 10.1 Å². The number of rotatable bonds is 23. The number of hydrogen-bond donors (Lipinski definition) is 1. The molecule has 1 N–H and O–H groups in total. The number of benzene rings is 4. The zero-order valence-electron chi connectivity index (χ0n) is 32.2. The Balaban J connectivity index is 1.48. The lowest BCUT2D eigenvalue weighted by molar-refractivity contribution is -0.299. The zero-order chi connectivity index (χ0) is 37.5. The van der Waals surface area contributed by atoms with Gasteiger partial charge in [-0.2, -0.15) is 0 Å². The molecule has 8 heteroatoms. The zero-order valence-corrected chi connectivity index (χ0v) is 32.2. The van der Waals surface area contributed by atoms with Gasteiger partial charge in [-0.25, -0.2) is 4.99 Å². The fraction of sp³-hybridized carbons (Fsp3) is 0.457. The van der Waals surface area contributed by atoms with Gasteiger partial charge in [-0.05, 0) is 41.7 Å². The lowest BCUT2D eigenvalue weighted by Gasteiger charge is -2.45. The van der Waals surface area contributed by atoms with Gasteiger partial charge in [0.05, 0.1) is 26.4 Å². The van der Waals surface area contributed by atoms with Gasteiger partial charge < -0.3 is 33.7 Å². The van der Waals surface area contributed by atoms with Gasteiger partial charge >= 0.3 is 0 Å². The Bertz CT molecular complexity index is 1560. The average molecular weight is 737 g/mol. The predicted octanol–water partition coefficient (Wildman–Crippen LogP) is 9.67. The second-order valence-electron chi connectivity index (χ2n) is 13.8. The summed E-state index contributed by atoms with van der Waals surface area (Å²) >= 11 is 0. The second-order valence-corrected chi connectivity index (χ2v) is 13.8. The van der Waals surface area contributed by atoms with Crippen LogP contribution in [-0.2, 0) is 43.5 Å². The van der Waals surface area contributed by atoms with Crippen molar-refractivity contribution in [2.24, 2.45) is 4.99 Å². The third-order valence-corrected chi connectivity index (χ3v) is 9.37. The molecule has 290 valence electrons. The Labute approximate surface area is 323 Å². The molecule has 0 aromatic heterocycles. The first-order chi connectivity index (χ1) is 26.7. The molecule has 1 saturated heterocycles. The van der Waals surface area contributed by atoms with Crippen molar-refractivity contribution < 1.29 is 28.4 Å². The fourth-order valence-electron chi connectivity index (χ4n) is 6.38. The van der Waals surface area contributed by atoms with Gasteiger partial charge in [-0.15, -0.1) is 0 Å². The Morgan fingerprint density at radius 1 is 0.593 bits per heavy atom. The molecule has 0 saturated carbocycles. The van der Waals surface area contributed by atoms with Crippen molar-refractivity contribution in [2.75, 3.05) is 19.7 Å². The molecule has 1 aliphatic rings. The van der Waals surface area contributed by atoms with Crippen LogP contribution in [0.25, 0.3) is 0 Å². The summed E-state index contributed by atoms with van der Waals surface area (Å²) in [5.74, 6) is 0.670. The Hall–Kier alpha value is -4.21. The van der Waals surface area contributed by atoms with Crippen LogP contribution in [0.1, 0.15) is 81.9 Å². The first kappa shape index (κ1) is 41.0. The number of para-hydroxylation sites is 1. The standard InChI is InChI=1S/C46H60N2O6/c1-3-5-7-21-31-47-46(48-32-22-8-6-4-2)54-42-41(36-49-33-37-23-13-9-14-24-37)53-45(52-40-29-19-12-20-30-40)44(51-35-39-27-17-11-18-28-39)43(42)50-34-38-25-15-10-16-26-38/h9-20,23-30,41-45H,3-8,21-22,31-36H2,1-2H3,(H,47,48)/t41-,42-,43+,44-,45-/m1/s1. The van der Waals surface area contributed by atoms with Crippen molar-refractivity contribution in [1.29, 1.82) is 0 Å². The van der Waals surface area contributed by atoms with Gasteiger partial charge in [0.2, 0.25) is 6.29 Å². The van der Waals surface area contributed by atoms with E-state index in [1.807, 2.05) is 84.9 Å². The lowest BCUT2D eigenvalue weighted by Crippen LogP contribution is -2.63. The van der Waals surface area contributed by atoms with E-state index in [-0.39, 0.29) is 6.61 Å². The van der Waals surface area contributed by atoms with Crippen LogP contribution in [0.5, 0.6) is 5.75 Å². The molecule has 8 nitrogen and oxygen atoms in total. The third-order valence-electron chi connectivity index (χ3n) is 9.37. The quantitative estimate of drug-likeness (QED) is 0.0462. The number of unbranched alkanes of at least 4 members (excludes halogenated alkanes) is 6. The smallest absolute Gasteiger partial charge is 0.285 e. The minimum Gasteiger partial charge on any atom is -0.462 e. The van der Waals surface area contributed by atoms with E-state index in [0.717, 1.165) is 48.9 Å². The molecule has 1 heterocycles. The highest BCUT2D eigenvalue weighted by atomic mass is 16.7. The number of amidine groups is 1. The minimum atomic E-state index is -0.821. The van der Waals surface area contributed by atoms with Crippen LogP contribution in [0.4, 0.5) is 0 Å². The lowest BCUT2D eigenvalue weighted by atomic mass is 9.98. The Morgan fingerprint density at radius 2 is 1.13 bits per heavy atom. The first-order valence-corrected chi connectivity index (χ1v) is 20.0. The van der Waals surface area contributed by atoms with Gasteiger partial charge in [0, 0.05) is 13.1 Å². The summed E-state index contributed by atoms with van der Waals surface area (Å²) in [6.45, 7) is 7.23. The Kier molecular flexibility index (Phi) is 18.4. The highest BCUT2D eigenvalue weighted by molar-refractivity contribution is 5.73. The van der Waals surface area contributed by atoms with E-state index in [2.05, 4.69) is 55.6 Å². The van der Waals surface area contributed by atoms with Crippen LogP contribution in [0.15, 0.2) is 126 Å². The maximum absolute atomic E-state index is 6.98. The molecule has 4 aromatic carbocycles. The molecule has 0 aliphatic carbocycles. The van der Waals surface area contributed by atoms with Crippen LogP contribution in [0.3, 0.4) is 0 Å². The summed E-state index contributed by atoms with van der Waals surface area (Å²) in [6, 6.07) is 40.7. The number of aliphatic imine (C=N–C) groups is 1. The van der Waals surface area contributed by atoms with E-state index in [4.69, 9.17) is 33.4 Å². The number of nitrogens with zero attached hydrogens (tertiary/aromatic N) is 1. The largest absolute Gasteiger partial charge is 0.462 e. The molecule has 0 amide bonds. The summed E-state index contributed by atoms with van der Waals surface area (Å²) in [7, 11) is 0. The summed E-state index contributed by atoms with van der Waals surface area (Å²) < 4.78 is 40.5. The maximum Gasteiger partial charge on any atom is 0.285 e. The molecule has 1 aliphatic heterocycles. The number of ether oxygens (including phenoxy) is 6. The molecule has 5 rings (SSSR count). The molecule has 5 atom stereocenters. The van der Waals surface area contributed by atoms with Gasteiger partial charge in [0.1, 0.15) is 24.1 Å². The average Bonchev–Trinajstić information content (AvgIpc) is 3.21. The molecular formula is C46H60N2O6. The van der Waals surface area contributed by atoms with E-state index >= 15 is 0 Å². The topological polar surface area (TPSA) is 79.8 Å². The fourth-order valence-corrected chi connectivity index (χ4v) is 6.38. The van der Waals surface area contributed by atoms with Gasteiger partial charge in [0.25, 0.3) is 6.02 Å². The molecule has 0 bridgehead atoms. The minimum absolute atomic E-state index is 0.241. The molecular weight excluding hydrogens is 677 g/mol. The van der Waals surface area contributed by atoms with E-state index < -0.39 is 30.7 Å². The summed E-state index contributed by atoms with van der Waals surface area (Å²) in [6.07, 6.45) is 5.70. The van der Waals surface area contributed by atoms with Crippen molar-refractivity contribution in [3.63, 3.8) is 0 Å². The van der Waals surface area contributed by atoms with Crippen molar-refractivity contribution in [3.8, 4) is 5.75 Å². The van der Waals surface area contributed by atoms with Crippen LogP contribution in [-0.4, -0.2) is 56.4 Å². The SMILES string of the molecule is CCCCCCN=C(NCCCCCC)O[C@H]1[C@H](OCc2ccccc2)[C@@H](OCc2ccccc2)[C@H](Oc2ccccc2)O[C@@H]1COCc1ccccc1. The van der Waals surface area contributed by atoms with Crippen LogP contribution >= 0.6 is 0 Å². The van der Waals surface area contributed by atoms with E-state index in [9.17, 15) is 0 Å². The van der Waals surface area contributed by atoms with Crippen molar-refractivity contribution >= 4 is 6.02 Å². The third kappa shape index (κ3) is 14.2. The summed E-state index contributed by atoms with van der Waals surface area (Å²) in [4.78, 5) is 4.99. The molecule has 1 fully saturated rings. The van der Waals surface area contributed by atoms with Crippen LogP contribution in [0, 0.1) is 0 Å². The molecule has 54 heavy (non-hydrogen) atoms. The van der Waals surface area contributed by atoms with Gasteiger partial charge in [0.15, 0.2) is 6.10 Å². The highest BCUT2D eigenvalue weighted by Crippen LogP contribution is 2.32. The van der Waals surface area contributed by atoms with E-state index in [1.54, 1.807) is 0 Å². The normalized spacial score (nSPS) is 20.0. The monoisotopic (exact) mass is 736 g/mol.